The second-order valence-electron chi connectivity index (χ2n) is 7.64. The summed E-state index contributed by atoms with van der Waals surface area (Å²) in [5, 5.41) is 2.82. The van der Waals surface area contributed by atoms with Crippen LogP contribution < -0.4 is 5.32 Å². The first-order chi connectivity index (χ1) is 14.3. The molecule has 0 bridgehead atoms. The Morgan fingerprint density at radius 3 is 2.50 bits per heavy atom. The monoisotopic (exact) mass is 429 g/mol. The minimum atomic E-state index is -0.570. The van der Waals surface area contributed by atoms with Gasteiger partial charge in [0.2, 0.25) is 0 Å². The molecule has 0 unspecified atom stereocenters. The predicted octanol–water partition coefficient (Wildman–Crippen LogP) is 5.12. The number of esters is 1. The normalized spacial score (nSPS) is 18.8. The standard InChI is InChI=1S/C24H25ClFNO3/c1-4-30-24(29)22(18-10-14(2)9-15(3)11-18)16-5-7-19(12-16)27-23(28)17-6-8-21(26)20(25)13-17/h5-11,13,16,19,22H,4,12H2,1-3H3,(H,27,28)/t16-,19-,22+/m1/s1. The Morgan fingerprint density at radius 2 is 1.87 bits per heavy atom. The van der Waals surface area contributed by atoms with Crippen LogP contribution in [0, 0.1) is 25.6 Å². The van der Waals surface area contributed by atoms with Gasteiger partial charge in [-0.1, -0.05) is 53.1 Å². The Morgan fingerprint density at radius 1 is 1.17 bits per heavy atom. The summed E-state index contributed by atoms with van der Waals surface area (Å²) in [5.41, 5.74) is 3.37. The third-order valence-corrected chi connectivity index (χ3v) is 5.48. The molecule has 2 aromatic carbocycles. The quantitative estimate of drug-likeness (QED) is 0.512. The molecule has 0 saturated carbocycles. The molecule has 1 amide bonds. The molecule has 0 radical (unpaired) electrons. The van der Waals surface area contributed by atoms with Crippen LogP contribution in [-0.4, -0.2) is 24.5 Å². The second-order valence-corrected chi connectivity index (χ2v) is 8.05. The minimum Gasteiger partial charge on any atom is -0.466 e. The molecule has 1 aliphatic rings. The molecule has 2 aromatic rings. The SMILES string of the molecule is CCOC(=O)[C@H](c1cc(C)cc(C)c1)[C@@H]1C=C[C@@H](NC(=O)c2ccc(F)c(Cl)c2)C1. The van der Waals surface area contributed by atoms with E-state index in [1.807, 2.05) is 38.1 Å². The highest BCUT2D eigenvalue weighted by atomic mass is 35.5. The van der Waals surface area contributed by atoms with Crippen LogP contribution in [-0.2, 0) is 9.53 Å². The van der Waals surface area contributed by atoms with Crippen molar-refractivity contribution in [3.05, 3.63) is 81.6 Å². The van der Waals surface area contributed by atoms with Gasteiger partial charge in [-0.05, 0) is 56.9 Å². The van der Waals surface area contributed by atoms with E-state index in [1.54, 1.807) is 6.92 Å². The molecule has 0 spiro atoms. The number of hydrogen-bond acceptors (Lipinski definition) is 3. The Balaban J connectivity index is 1.76. The Labute approximate surface area is 181 Å². The van der Waals surface area contributed by atoms with Crippen molar-refractivity contribution in [1.82, 2.24) is 5.32 Å². The maximum atomic E-state index is 13.3. The Hall–Kier alpha value is -2.66. The van der Waals surface area contributed by atoms with Crippen molar-refractivity contribution in [1.29, 1.82) is 0 Å². The first-order valence-corrected chi connectivity index (χ1v) is 10.4. The van der Waals surface area contributed by atoms with Crippen molar-refractivity contribution in [2.45, 2.75) is 39.2 Å². The fourth-order valence-electron chi connectivity index (χ4n) is 3.95. The number of aryl methyl sites for hydroxylation is 2. The number of benzene rings is 2. The number of carbonyl (C=O) groups is 2. The van der Waals surface area contributed by atoms with Gasteiger partial charge in [0.05, 0.1) is 17.5 Å². The first kappa shape index (κ1) is 22.0. The van der Waals surface area contributed by atoms with Crippen LogP contribution in [0.2, 0.25) is 5.02 Å². The van der Waals surface area contributed by atoms with E-state index >= 15 is 0 Å². The van der Waals surface area contributed by atoms with Gasteiger partial charge < -0.3 is 10.1 Å². The van der Waals surface area contributed by atoms with Gasteiger partial charge in [0.15, 0.2) is 0 Å². The van der Waals surface area contributed by atoms with Gasteiger partial charge >= 0.3 is 5.97 Å². The molecule has 6 heteroatoms. The molecule has 4 nitrogen and oxygen atoms in total. The van der Waals surface area contributed by atoms with Crippen molar-refractivity contribution < 1.29 is 18.7 Å². The van der Waals surface area contributed by atoms with Crippen LogP contribution in [0.15, 0.2) is 48.6 Å². The largest absolute Gasteiger partial charge is 0.466 e. The number of allylic oxidation sites excluding steroid dienone is 1. The molecule has 158 valence electrons. The highest BCUT2D eigenvalue weighted by Crippen LogP contribution is 2.35. The van der Waals surface area contributed by atoms with E-state index in [4.69, 9.17) is 16.3 Å². The molecule has 3 atom stereocenters. The number of hydrogen-bond donors (Lipinski definition) is 1. The summed E-state index contributed by atoms with van der Waals surface area (Å²) in [6, 6.07) is 9.70. The first-order valence-electron chi connectivity index (χ1n) is 9.97. The summed E-state index contributed by atoms with van der Waals surface area (Å²) < 4.78 is 18.7. The van der Waals surface area contributed by atoms with Crippen LogP contribution in [0.5, 0.6) is 0 Å². The molecule has 30 heavy (non-hydrogen) atoms. The zero-order chi connectivity index (χ0) is 21.8. The van der Waals surface area contributed by atoms with Gasteiger partial charge in [-0.25, -0.2) is 4.39 Å². The second kappa shape index (κ2) is 9.43. The highest BCUT2D eigenvalue weighted by Gasteiger charge is 2.34. The van der Waals surface area contributed by atoms with E-state index in [0.717, 1.165) is 16.7 Å². The van der Waals surface area contributed by atoms with Gasteiger partial charge in [-0.15, -0.1) is 0 Å². The van der Waals surface area contributed by atoms with Gasteiger partial charge in [0.25, 0.3) is 5.91 Å². The van der Waals surface area contributed by atoms with Crippen molar-refractivity contribution in [3.8, 4) is 0 Å². The summed E-state index contributed by atoms with van der Waals surface area (Å²) in [6.45, 7) is 6.10. The number of halogens is 2. The van der Waals surface area contributed by atoms with Gasteiger partial charge in [-0.2, -0.15) is 0 Å². The lowest BCUT2D eigenvalue weighted by Crippen LogP contribution is -2.34. The third kappa shape index (κ3) is 5.08. The van der Waals surface area contributed by atoms with Crippen LogP contribution in [0.4, 0.5) is 4.39 Å². The van der Waals surface area contributed by atoms with E-state index in [-0.39, 0.29) is 34.4 Å². The topological polar surface area (TPSA) is 55.4 Å². The number of amides is 1. The fraction of sp³-hybridized carbons (Fsp3) is 0.333. The lowest BCUT2D eigenvalue weighted by Gasteiger charge is -2.23. The molecule has 0 aromatic heterocycles. The molecule has 0 saturated heterocycles. The number of nitrogens with one attached hydrogen (secondary N) is 1. The zero-order valence-corrected chi connectivity index (χ0v) is 18.0. The maximum Gasteiger partial charge on any atom is 0.314 e. The van der Waals surface area contributed by atoms with Gasteiger partial charge in [0.1, 0.15) is 5.82 Å². The van der Waals surface area contributed by atoms with Crippen molar-refractivity contribution in [2.24, 2.45) is 5.92 Å². The molecule has 0 heterocycles. The van der Waals surface area contributed by atoms with Crippen LogP contribution in [0.1, 0.15) is 46.3 Å². The van der Waals surface area contributed by atoms with Crippen LogP contribution >= 0.6 is 11.6 Å². The summed E-state index contributed by atoms with van der Waals surface area (Å²) >= 11 is 5.78. The fourth-order valence-corrected chi connectivity index (χ4v) is 4.13. The lowest BCUT2D eigenvalue weighted by atomic mass is 9.84. The van der Waals surface area contributed by atoms with E-state index in [9.17, 15) is 14.0 Å². The molecule has 3 rings (SSSR count). The van der Waals surface area contributed by atoms with Gasteiger partial charge in [-0.3, -0.25) is 9.59 Å². The van der Waals surface area contributed by atoms with Crippen molar-refractivity contribution in [3.63, 3.8) is 0 Å². The average Bonchev–Trinajstić information content (AvgIpc) is 3.11. The predicted molar refractivity (Wildman–Crippen MR) is 115 cm³/mol. The van der Waals surface area contributed by atoms with E-state index in [2.05, 4.69) is 11.4 Å². The number of ether oxygens (including phenoxy) is 1. The summed E-state index contributed by atoms with van der Waals surface area (Å²) in [6.07, 6.45) is 4.42. The summed E-state index contributed by atoms with van der Waals surface area (Å²) in [7, 11) is 0. The smallest absolute Gasteiger partial charge is 0.314 e. The third-order valence-electron chi connectivity index (χ3n) is 5.19. The van der Waals surface area contributed by atoms with E-state index in [1.165, 1.54) is 18.2 Å². The highest BCUT2D eigenvalue weighted by molar-refractivity contribution is 6.31. The maximum absolute atomic E-state index is 13.3. The van der Waals surface area contributed by atoms with Crippen molar-refractivity contribution >= 4 is 23.5 Å². The molecular formula is C24H25ClFNO3. The number of rotatable bonds is 6. The summed E-state index contributed by atoms with van der Waals surface area (Å²) in [4.78, 5) is 25.3. The molecule has 0 aliphatic heterocycles. The van der Waals surface area contributed by atoms with E-state index in [0.29, 0.717) is 13.0 Å². The molecule has 1 aliphatic carbocycles. The van der Waals surface area contributed by atoms with E-state index < -0.39 is 11.7 Å². The van der Waals surface area contributed by atoms with Gasteiger partial charge in [0, 0.05) is 11.6 Å². The summed E-state index contributed by atoms with van der Waals surface area (Å²) in [5.74, 6) is -1.73. The van der Waals surface area contributed by atoms with Crippen LogP contribution in [0.3, 0.4) is 0 Å². The zero-order valence-electron chi connectivity index (χ0n) is 17.2. The minimum absolute atomic E-state index is 0.0975. The van der Waals surface area contributed by atoms with Crippen LogP contribution in [0.25, 0.3) is 0 Å². The Kier molecular flexibility index (Phi) is 6.93. The number of carbonyl (C=O) groups excluding carboxylic acids is 2. The lowest BCUT2D eigenvalue weighted by molar-refractivity contribution is -0.146. The average molecular weight is 430 g/mol. The molecule has 1 N–H and O–H groups in total. The molecular weight excluding hydrogens is 405 g/mol. The Bertz CT molecular complexity index is 968. The molecule has 0 fully saturated rings. The van der Waals surface area contributed by atoms with Crippen molar-refractivity contribution in [2.75, 3.05) is 6.61 Å².